The molecule has 126 valence electrons. The Labute approximate surface area is 144 Å². The molecule has 0 saturated heterocycles. The normalized spacial score (nSPS) is 10.3. The van der Waals surface area contributed by atoms with Gasteiger partial charge in [-0.2, -0.15) is 0 Å². The molecule has 2 N–H and O–H groups in total. The van der Waals surface area contributed by atoms with Crippen LogP contribution in [0.5, 0.6) is 0 Å². The Balaban J connectivity index is 1.73. The zero-order chi connectivity index (χ0) is 17.6. The van der Waals surface area contributed by atoms with Crippen LogP contribution in [0.4, 0.5) is 16.0 Å². The Kier molecular flexibility index (Phi) is 4.94. The van der Waals surface area contributed by atoms with Gasteiger partial charge in [0.1, 0.15) is 11.5 Å². The molecular weight excluding hydrogens is 321 g/mol. The Hall–Kier alpha value is -3.35. The predicted octanol–water partition coefficient (Wildman–Crippen LogP) is 3.18. The van der Waals surface area contributed by atoms with Crippen molar-refractivity contribution in [3.05, 3.63) is 77.6 Å². The van der Waals surface area contributed by atoms with Crippen molar-refractivity contribution in [1.82, 2.24) is 15.0 Å². The van der Waals surface area contributed by atoms with E-state index >= 15 is 0 Å². The molecule has 2 aromatic heterocycles. The highest BCUT2D eigenvalue weighted by Crippen LogP contribution is 2.12. The first-order valence-electron chi connectivity index (χ1n) is 7.65. The van der Waals surface area contributed by atoms with Crippen LogP contribution >= 0.6 is 0 Å². The quantitative estimate of drug-likeness (QED) is 0.747. The minimum Gasteiger partial charge on any atom is -0.350 e. The highest BCUT2D eigenvalue weighted by Gasteiger charge is 2.11. The molecule has 1 amide bonds. The average Bonchev–Trinajstić information content (AvgIpc) is 2.60. The number of rotatable bonds is 5. The van der Waals surface area contributed by atoms with Crippen LogP contribution in [0.25, 0.3) is 0 Å². The van der Waals surface area contributed by atoms with Crippen molar-refractivity contribution in [1.29, 1.82) is 0 Å². The van der Waals surface area contributed by atoms with Crippen LogP contribution in [0.15, 0.2) is 54.9 Å². The van der Waals surface area contributed by atoms with E-state index in [1.54, 1.807) is 31.5 Å². The number of halogens is 1. The van der Waals surface area contributed by atoms with E-state index < -0.39 is 11.7 Å². The fourth-order valence-electron chi connectivity index (χ4n) is 2.21. The lowest BCUT2D eigenvalue weighted by Crippen LogP contribution is -2.16. The van der Waals surface area contributed by atoms with Crippen LogP contribution in [0.2, 0.25) is 0 Å². The number of amides is 1. The van der Waals surface area contributed by atoms with Crippen molar-refractivity contribution < 1.29 is 9.18 Å². The summed E-state index contributed by atoms with van der Waals surface area (Å²) in [5, 5.41) is 5.70. The molecule has 25 heavy (non-hydrogen) atoms. The molecule has 3 aromatic rings. The molecule has 3 rings (SSSR count). The van der Waals surface area contributed by atoms with Crippen molar-refractivity contribution in [2.45, 2.75) is 13.5 Å². The van der Waals surface area contributed by atoms with Gasteiger partial charge in [0.2, 0.25) is 5.95 Å². The summed E-state index contributed by atoms with van der Waals surface area (Å²) < 4.78 is 13.2. The van der Waals surface area contributed by atoms with E-state index in [1.807, 2.05) is 12.1 Å². The van der Waals surface area contributed by atoms with E-state index in [1.165, 1.54) is 18.2 Å². The lowest BCUT2D eigenvalue weighted by molar-refractivity contribution is 0.102. The molecule has 0 radical (unpaired) electrons. The second kappa shape index (κ2) is 7.48. The zero-order valence-corrected chi connectivity index (χ0v) is 13.5. The first-order valence-corrected chi connectivity index (χ1v) is 7.65. The summed E-state index contributed by atoms with van der Waals surface area (Å²) in [6.07, 6.45) is 3.40. The van der Waals surface area contributed by atoms with Crippen LogP contribution in [0.1, 0.15) is 21.7 Å². The van der Waals surface area contributed by atoms with E-state index in [0.29, 0.717) is 23.9 Å². The molecule has 0 saturated carbocycles. The maximum atomic E-state index is 13.2. The summed E-state index contributed by atoms with van der Waals surface area (Å²) in [5.74, 6) is -0.499. The molecule has 7 heteroatoms. The van der Waals surface area contributed by atoms with E-state index in [2.05, 4.69) is 25.6 Å². The van der Waals surface area contributed by atoms with E-state index in [-0.39, 0.29) is 5.69 Å². The lowest BCUT2D eigenvalue weighted by Gasteiger charge is -2.09. The molecule has 0 atom stereocenters. The van der Waals surface area contributed by atoms with Gasteiger partial charge in [0.15, 0.2) is 0 Å². The third-order valence-electron chi connectivity index (χ3n) is 3.37. The molecule has 1 aromatic carbocycles. The van der Waals surface area contributed by atoms with Crippen LogP contribution in [-0.2, 0) is 6.54 Å². The van der Waals surface area contributed by atoms with E-state index in [9.17, 15) is 9.18 Å². The molecular formula is C18H16FN5O. The van der Waals surface area contributed by atoms with E-state index in [4.69, 9.17) is 0 Å². The number of carbonyl (C=O) groups excluding carboxylic acids is 1. The molecule has 6 nitrogen and oxygen atoms in total. The Morgan fingerprint density at radius 2 is 1.92 bits per heavy atom. The Bertz CT molecular complexity index is 886. The van der Waals surface area contributed by atoms with Gasteiger partial charge >= 0.3 is 0 Å². The summed E-state index contributed by atoms with van der Waals surface area (Å²) in [6.45, 7) is 2.29. The molecule has 0 spiro atoms. The summed E-state index contributed by atoms with van der Waals surface area (Å²) in [7, 11) is 0. The number of aryl methyl sites for hydroxylation is 1. The van der Waals surface area contributed by atoms with Crippen LogP contribution in [0, 0.1) is 12.7 Å². The first kappa shape index (κ1) is 16.5. The number of carbonyl (C=O) groups is 1. The van der Waals surface area contributed by atoms with Gasteiger partial charge < -0.3 is 10.6 Å². The number of nitrogens with zero attached hydrogens (tertiary/aromatic N) is 3. The smallest absolute Gasteiger partial charge is 0.274 e. The monoisotopic (exact) mass is 337 g/mol. The van der Waals surface area contributed by atoms with Gasteiger partial charge in [-0.1, -0.05) is 6.07 Å². The van der Waals surface area contributed by atoms with Gasteiger partial charge in [0.25, 0.3) is 5.91 Å². The van der Waals surface area contributed by atoms with Crippen molar-refractivity contribution in [2.24, 2.45) is 0 Å². The molecule has 0 aliphatic rings. The zero-order valence-electron chi connectivity index (χ0n) is 13.5. The number of hydrogen-bond acceptors (Lipinski definition) is 5. The lowest BCUT2D eigenvalue weighted by atomic mass is 10.2. The fourth-order valence-corrected chi connectivity index (χ4v) is 2.21. The molecule has 0 unspecified atom stereocenters. The minimum atomic E-state index is -0.428. The number of nitrogens with one attached hydrogen (secondary N) is 2. The number of benzene rings is 1. The highest BCUT2D eigenvalue weighted by molar-refractivity contribution is 6.03. The summed E-state index contributed by atoms with van der Waals surface area (Å²) >= 11 is 0. The standard InChI is InChI=1S/C18H16FN5O/c1-12-9-16(17(25)23-15-4-2-3-14(19)10-15)24-18(22-12)21-11-13-5-7-20-8-6-13/h2-10H,11H2,1H3,(H,23,25)(H,21,22,24). The van der Waals surface area contributed by atoms with Crippen LogP contribution in [0.3, 0.4) is 0 Å². The third kappa shape index (κ3) is 4.57. The molecule has 2 heterocycles. The minimum absolute atomic E-state index is 0.203. The number of hydrogen-bond donors (Lipinski definition) is 2. The van der Waals surface area contributed by atoms with Gasteiger partial charge in [0, 0.05) is 30.3 Å². The molecule has 0 fully saturated rings. The number of aromatic nitrogens is 3. The summed E-state index contributed by atoms with van der Waals surface area (Å²) in [5.41, 5.74) is 2.24. The van der Waals surface area contributed by atoms with Crippen LogP contribution in [-0.4, -0.2) is 20.9 Å². The maximum absolute atomic E-state index is 13.2. The predicted molar refractivity (Wildman–Crippen MR) is 92.7 cm³/mol. The average molecular weight is 337 g/mol. The summed E-state index contributed by atoms with van der Waals surface area (Å²) in [4.78, 5) is 24.8. The largest absolute Gasteiger partial charge is 0.350 e. The molecule has 0 bridgehead atoms. The van der Waals surface area contributed by atoms with Gasteiger partial charge in [0.05, 0.1) is 0 Å². The van der Waals surface area contributed by atoms with Crippen LogP contribution < -0.4 is 10.6 Å². The third-order valence-corrected chi connectivity index (χ3v) is 3.37. The molecule has 0 aliphatic heterocycles. The number of pyridine rings is 1. The van der Waals surface area contributed by atoms with Crippen molar-refractivity contribution in [3.8, 4) is 0 Å². The van der Waals surface area contributed by atoms with Gasteiger partial charge in [-0.15, -0.1) is 0 Å². The fraction of sp³-hybridized carbons (Fsp3) is 0.111. The Morgan fingerprint density at radius 3 is 2.68 bits per heavy atom. The highest BCUT2D eigenvalue weighted by atomic mass is 19.1. The Morgan fingerprint density at radius 1 is 1.12 bits per heavy atom. The maximum Gasteiger partial charge on any atom is 0.274 e. The van der Waals surface area contributed by atoms with Gasteiger partial charge in [-0.25, -0.2) is 14.4 Å². The molecule has 0 aliphatic carbocycles. The van der Waals surface area contributed by atoms with Gasteiger partial charge in [-0.3, -0.25) is 9.78 Å². The first-order chi connectivity index (χ1) is 12.1. The van der Waals surface area contributed by atoms with Crippen molar-refractivity contribution in [2.75, 3.05) is 10.6 Å². The van der Waals surface area contributed by atoms with Crippen molar-refractivity contribution >= 4 is 17.5 Å². The second-order valence-electron chi connectivity index (χ2n) is 5.39. The number of anilines is 2. The van der Waals surface area contributed by atoms with Gasteiger partial charge in [-0.05, 0) is 48.9 Å². The summed E-state index contributed by atoms with van der Waals surface area (Å²) in [6, 6.07) is 11.0. The van der Waals surface area contributed by atoms with E-state index in [0.717, 1.165) is 5.56 Å². The van der Waals surface area contributed by atoms with Crippen molar-refractivity contribution in [3.63, 3.8) is 0 Å². The topological polar surface area (TPSA) is 79.8 Å². The second-order valence-corrected chi connectivity index (χ2v) is 5.39. The SMILES string of the molecule is Cc1cc(C(=O)Nc2cccc(F)c2)nc(NCc2ccncc2)n1.